The Labute approximate surface area is 115 Å². The summed E-state index contributed by atoms with van der Waals surface area (Å²) < 4.78 is 1.93. The van der Waals surface area contributed by atoms with Crippen LogP contribution in [-0.2, 0) is 11.2 Å². The molecule has 0 spiro atoms. The van der Waals surface area contributed by atoms with Crippen molar-refractivity contribution in [3.63, 3.8) is 0 Å². The predicted octanol–water partition coefficient (Wildman–Crippen LogP) is 1.86. The first-order valence-electron chi connectivity index (χ1n) is 6.36. The van der Waals surface area contributed by atoms with Crippen molar-refractivity contribution in [3.8, 4) is 0 Å². The number of rotatable bonds is 3. The molecule has 20 heavy (non-hydrogen) atoms. The number of anilines is 1. The summed E-state index contributed by atoms with van der Waals surface area (Å²) in [5.41, 5.74) is 4.26. The predicted molar refractivity (Wildman–Crippen MR) is 75.6 cm³/mol. The number of carbonyl (C=O) groups is 1. The Morgan fingerprint density at radius 3 is 3.00 bits per heavy atom. The number of amides is 1. The Bertz CT molecular complexity index is 771. The van der Waals surface area contributed by atoms with E-state index in [0.29, 0.717) is 5.69 Å². The lowest BCUT2D eigenvalue weighted by molar-refractivity contribution is -0.115. The number of aromatic nitrogens is 4. The second-order valence-corrected chi connectivity index (χ2v) is 4.79. The number of aryl methyl sites for hydroxylation is 2. The van der Waals surface area contributed by atoms with Gasteiger partial charge in [-0.3, -0.25) is 9.89 Å². The van der Waals surface area contributed by atoms with Crippen LogP contribution in [0, 0.1) is 13.8 Å². The Balaban J connectivity index is 1.78. The van der Waals surface area contributed by atoms with E-state index in [4.69, 9.17) is 0 Å². The molecule has 0 aliphatic heterocycles. The Kier molecular flexibility index (Phi) is 2.98. The first kappa shape index (κ1) is 12.4. The number of carbonyl (C=O) groups excluding carboxylic acids is 1. The van der Waals surface area contributed by atoms with E-state index < -0.39 is 0 Å². The standard InChI is InChI=1S/C14H15N5O/c1-9-4-3-5-19-8-11(16-14(9)19)6-13(20)17-12-7-15-18-10(12)2/h3-5,7-8H,6H2,1-2H3,(H,15,18)(H,17,20). The highest BCUT2D eigenvalue weighted by Crippen LogP contribution is 2.12. The van der Waals surface area contributed by atoms with Gasteiger partial charge in [-0.25, -0.2) is 4.98 Å². The van der Waals surface area contributed by atoms with Crippen LogP contribution in [-0.4, -0.2) is 25.5 Å². The van der Waals surface area contributed by atoms with Gasteiger partial charge in [-0.1, -0.05) is 6.07 Å². The fraction of sp³-hybridized carbons (Fsp3) is 0.214. The van der Waals surface area contributed by atoms with E-state index in [1.807, 2.05) is 42.8 Å². The highest BCUT2D eigenvalue weighted by Gasteiger charge is 2.10. The monoisotopic (exact) mass is 269 g/mol. The Morgan fingerprint density at radius 2 is 2.30 bits per heavy atom. The van der Waals surface area contributed by atoms with Crippen LogP contribution in [0.25, 0.3) is 5.65 Å². The molecule has 0 saturated carbocycles. The van der Waals surface area contributed by atoms with Gasteiger partial charge >= 0.3 is 0 Å². The average molecular weight is 269 g/mol. The summed E-state index contributed by atoms with van der Waals surface area (Å²) in [6.45, 7) is 3.86. The first-order valence-corrected chi connectivity index (χ1v) is 6.36. The molecule has 0 bridgehead atoms. The van der Waals surface area contributed by atoms with Gasteiger partial charge in [-0.15, -0.1) is 0 Å². The number of pyridine rings is 1. The molecule has 0 aromatic carbocycles. The molecule has 3 aromatic heterocycles. The van der Waals surface area contributed by atoms with Gasteiger partial charge in [0.25, 0.3) is 0 Å². The number of hydrogen-bond donors (Lipinski definition) is 2. The first-order chi connectivity index (χ1) is 9.63. The molecule has 3 rings (SSSR count). The summed E-state index contributed by atoms with van der Waals surface area (Å²) in [6, 6.07) is 3.96. The van der Waals surface area contributed by atoms with Gasteiger partial charge < -0.3 is 9.72 Å². The van der Waals surface area contributed by atoms with Crippen molar-refractivity contribution in [2.75, 3.05) is 5.32 Å². The number of imidazole rings is 1. The maximum Gasteiger partial charge on any atom is 0.230 e. The molecule has 1 amide bonds. The number of fused-ring (bicyclic) bond motifs is 1. The van der Waals surface area contributed by atoms with Crippen LogP contribution in [0.3, 0.4) is 0 Å². The highest BCUT2D eigenvalue weighted by atomic mass is 16.1. The molecule has 0 saturated heterocycles. The van der Waals surface area contributed by atoms with E-state index in [1.165, 1.54) is 0 Å². The molecule has 2 N–H and O–H groups in total. The molecule has 0 unspecified atom stereocenters. The Morgan fingerprint density at radius 1 is 1.45 bits per heavy atom. The number of hydrogen-bond acceptors (Lipinski definition) is 3. The highest BCUT2D eigenvalue weighted by molar-refractivity contribution is 5.92. The smallest absolute Gasteiger partial charge is 0.230 e. The van der Waals surface area contributed by atoms with Gasteiger partial charge in [0.15, 0.2) is 0 Å². The van der Waals surface area contributed by atoms with Crippen molar-refractivity contribution in [1.82, 2.24) is 19.6 Å². The molecule has 3 aromatic rings. The SMILES string of the molecule is Cc1[nH]ncc1NC(=O)Cc1cn2cccc(C)c2n1. The average Bonchev–Trinajstić information content (AvgIpc) is 2.97. The zero-order chi connectivity index (χ0) is 14.1. The summed E-state index contributed by atoms with van der Waals surface area (Å²) >= 11 is 0. The third kappa shape index (κ3) is 2.27. The quantitative estimate of drug-likeness (QED) is 0.762. The van der Waals surface area contributed by atoms with E-state index in [2.05, 4.69) is 20.5 Å². The molecule has 0 fully saturated rings. The molecule has 6 nitrogen and oxygen atoms in total. The molecule has 6 heteroatoms. The minimum atomic E-state index is -0.101. The molecule has 0 aliphatic carbocycles. The molecule has 0 radical (unpaired) electrons. The number of nitrogens with zero attached hydrogens (tertiary/aromatic N) is 3. The van der Waals surface area contributed by atoms with Crippen LogP contribution in [0.4, 0.5) is 5.69 Å². The lowest BCUT2D eigenvalue weighted by atomic mass is 10.3. The molecule has 102 valence electrons. The van der Waals surface area contributed by atoms with Crippen molar-refractivity contribution >= 4 is 17.2 Å². The van der Waals surface area contributed by atoms with Crippen LogP contribution in [0.2, 0.25) is 0 Å². The van der Waals surface area contributed by atoms with Crippen molar-refractivity contribution in [3.05, 3.63) is 47.7 Å². The van der Waals surface area contributed by atoms with Crippen molar-refractivity contribution in [1.29, 1.82) is 0 Å². The van der Waals surface area contributed by atoms with Crippen LogP contribution >= 0.6 is 0 Å². The Hall–Kier alpha value is -2.63. The topological polar surface area (TPSA) is 75.1 Å². The van der Waals surface area contributed by atoms with E-state index >= 15 is 0 Å². The maximum atomic E-state index is 12.0. The summed E-state index contributed by atoms with van der Waals surface area (Å²) in [5, 5.41) is 9.47. The van der Waals surface area contributed by atoms with E-state index in [9.17, 15) is 4.79 Å². The van der Waals surface area contributed by atoms with Crippen molar-refractivity contribution < 1.29 is 4.79 Å². The summed E-state index contributed by atoms with van der Waals surface area (Å²) in [5.74, 6) is -0.101. The van der Waals surface area contributed by atoms with Crippen LogP contribution in [0.5, 0.6) is 0 Å². The number of nitrogens with one attached hydrogen (secondary N) is 2. The summed E-state index contributed by atoms with van der Waals surface area (Å²) in [7, 11) is 0. The zero-order valence-corrected chi connectivity index (χ0v) is 11.3. The normalized spacial score (nSPS) is 10.9. The van der Waals surface area contributed by atoms with Crippen molar-refractivity contribution in [2.24, 2.45) is 0 Å². The summed E-state index contributed by atoms with van der Waals surface area (Å²) in [6.07, 6.45) is 5.65. The second kappa shape index (κ2) is 4.80. The van der Waals surface area contributed by atoms with Crippen LogP contribution in [0.1, 0.15) is 17.0 Å². The minimum Gasteiger partial charge on any atom is -0.323 e. The fourth-order valence-electron chi connectivity index (χ4n) is 2.13. The lowest BCUT2D eigenvalue weighted by Gasteiger charge is -2.01. The van der Waals surface area contributed by atoms with Gasteiger partial charge in [0, 0.05) is 12.4 Å². The number of H-pyrrole nitrogens is 1. The third-order valence-electron chi connectivity index (χ3n) is 3.17. The molecule has 0 aliphatic rings. The number of aromatic amines is 1. The van der Waals surface area contributed by atoms with Crippen LogP contribution < -0.4 is 5.32 Å². The molecule has 3 heterocycles. The summed E-state index contributed by atoms with van der Waals surface area (Å²) in [4.78, 5) is 16.5. The van der Waals surface area contributed by atoms with Gasteiger partial charge in [-0.2, -0.15) is 5.10 Å². The molecular formula is C14H15N5O. The van der Waals surface area contributed by atoms with E-state index in [-0.39, 0.29) is 12.3 Å². The van der Waals surface area contributed by atoms with E-state index in [1.54, 1.807) is 6.20 Å². The fourth-order valence-corrected chi connectivity index (χ4v) is 2.13. The van der Waals surface area contributed by atoms with Gasteiger partial charge in [0.05, 0.1) is 29.7 Å². The zero-order valence-electron chi connectivity index (χ0n) is 11.3. The van der Waals surface area contributed by atoms with Gasteiger partial charge in [0.2, 0.25) is 5.91 Å². The largest absolute Gasteiger partial charge is 0.323 e. The molecule has 0 atom stereocenters. The maximum absolute atomic E-state index is 12.0. The van der Waals surface area contributed by atoms with Crippen LogP contribution in [0.15, 0.2) is 30.7 Å². The van der Waals surface area contributed by atoms with Crippen molar-refractivity contribution in [2.45, 2.75) is 20.3 Å². The third-order valence-corrected chi connectivity index (χ3v) is 3.17. The van der Waals surface area contributed by atoms with Gasteiger partial charge in [0.1, 0.15) is 5.65 Å². The van der Waals surface area contributed by atoms with E-state index in [0.717, 1.165) is 22.6 Å². The lowest BCUT2D eigenvalue weighted by Crippen LogP contribution is -2.14. The minimum absolute atomic E-state index is 0.101. The second-order valence-electron chi connectivity index (χ2n) is 4.79. The van der Waals surface area contributed by atoms with Gasteiger partial charge in [-0.05, 0) is 25.5 Å². The molecular weight excluding hydrogens is 254 g/mol.